The van der Waals surface area contributed by atoms with Crippen molar-refractivity contribution in [3.63, 3.8) is 0 Å². The van der Waals surface area contributed by atoms with E-state index in [0.717, 1.165) is 12.0 Å². The van der Waals surface area contributed by atoms with Crippen molar-refractivity contribution in [1.29, 1.82) is 0 Å². The maximum atomic E-state index is 11.5. The summed E-state index contributed by atoms with van der Waals surface area (Å²) in [6, 6.07) is 0.258. The fourth-order valence-corrected chi connectivity index (χ4v) is 2.06. The molecule has 0 heterocycles. The largest absolute Gasteiger partial charge is 0.375 e. The van der Waals surface area contributed by atoms with Gasteiger partial charge in [-0.3, -0.25) is 0 Å². The number of carbonyl (C=O) groups is 1. The molecule has 17 heavy (non-hydrogen) atoms. The Balaban J connectivity index is 2.03. The Kier molecular flexibility index (Phi) is 6.05. The number of nitrogens with one attached hydrogen (secondary N) is 2. The smallest absolute Gasteiger partial charge is 0.315 e. The molecule has 98 valence electrons. The van der Waals surface area contributed by atoms with Crippen molar-refractivity contribution in [2.45, 2.75) is 39.2 Å². The number of amides is 2. The molecule has 4 heteroatoms. The van der Waals surface area contributed by atoms with Crippen LogP contribution in [-0.2, 0) is 4.74 Å². The summed E-state index contributed by atoms with van der Waals surface area (Å²) in [5.74, 6) is 0.598. The van der Waals surface area contributed by atoms with Crippen LogP contribution in [0.2, 0.25) is 0 Å². The van der Waals surface area contributed by atoms with Crippen LogP contribution in [-0.4, -0.2) is 31.8 Å². The topological polar surface area (TPSA) is 50.4 Å². The first kappa shape index (κ1) is 14.0. The van der Waals surface area contributed by atoms with E-state index in [2.05, 4.69) is 24.1 Å². The number of carbonyl (C=O) groups excluding carboxylic acids is 1. The van der Waals surface area contributed by atoms with Crippen LogP contribution in [0.1, 0.15) is 33.1 Å². The van der Waals surface area contributed by atoms with Crippen molar-refractivity contribution >= 4 is 6.03 Å². The molecule has 0 aliphatic heterocycles. The zero-order valence-corrected chi connectivity index (χ0v) is 10.9. The van der Waals surface area contributed by atoms with E-state index >= 15 is 0 Å². The molecule has 0 aromatic rings. The number of hydrogen-bond acceptors (Lipinski definition) is 2. The molecule has 0 bridgehead atoms. The van der Waals surface area contributed by atoms with E-state index in [1.54, 1.807) is 0 Å². The van der Waals surface area contributed by atoms with E-state index in [4.69, 9.17) is 4.74 Å². The SMILES string of the molecule is C=C(C)COCCNC(=O)N[C@H]1CCC[C@H]1C. The molecule has 0 aromatic carbocycles. The minimum Gasteiger partial charge on any atom is -0.375 e. The zero-order chi connectivity index (χ0) is 12.7. The van der Waals surface area contributed by atoms with E-state index in [1.165, 1.54) is 12.8 Å². The van der Waals surface area contributed by atoms with Crippen LogP contribution in [0.3, 0.4) is 0 Å². The van der Waals surface area contributed by atoms with Gasteiger partial charge in [0.25, 0.3) is 0 Å². The lowest BCUT2D eigenvalue weighted by Crippen LogP contribution is -2.44. The van der Waals surface area contributed by atoms with Crippen LogP contribution in [0, 0.1) is 5.92 Å². The van der Waals surface area contributed by atoms with Crippen molar-refractivity contribution in [3.8, 4) is 0 Å². The van der Waals surface area contributed by atoms with Gasteiger partial charge in [0.15, 0.2) is 0 Å². The van der Waals surface area contributed by atoms with E-state index in [-0.39, 0.29) is 6.03 Å². The second-order valence-corrected chi connectivity index (χ2v) is 4.92. The highest BCUT2D eigenvalue weighted by Crippen LogP contribution is 2.24. The minimum atomic E-state index is -0.0809. The van der Waals surface area contributed by atoms with Gasteiger partial charge < -0.3 is 15.4 Å². The summed E-state index contributed by atoms with van der Waals surface area (Å²) < 4.78 is 5.29. The third-order valence-corrected chi connectivity index (χ3v) is 3.06. The predicted octanol–water partition coefficient (Wildman–Crippen LogP) is 2.07. The highest BCUT2D eigenvalue weighted by molar-refractivity contribution is 5.74. The molecule has 0 unspecified atom stereocenters. The van der Waals surface area contributed by atoms with Crippen LogP contribution in [0.5, 0.6) is 0 Å². The Labute approximate surface area is 104 Å². The lowest BCUT2D eigenvalue weighted by atomic mass is 10.1. The van der Waals surface area contributed by atoms with Crippen LogP contribution in [0.4, 0.5) is 4.79 Å². The quantitative estimate of drug-likeness (QED) is 0.551. The van der Waals surface area contributed by atoms with Crippen molar-refractivity contribution in [2.24, 2.45) is 5.92 Å². The van der Waals surface area contributed by atoms with Crippen molar-refractivity contribution in [1.82, 2.24) is 10.6 Å². The number of hydrogen-bond donors (Lipinski definition) is 2. The Morgan fingerprint density at radius 3 is 2.82 bits per heavy atom. The number of urea groups is 1. The van der Waals surface area contributed by atoms with Crippen LogP contribution < -0.4 is 10.6 Å². The Hall–Kier alpha value is -1.03. The Bertz CT molecular complexity index is 266. The van der Waals surface area contributed by atoms with Crippen LogP contribution in [0.15, 0.2) is 12.2 Å². The second-order valence-electron chi connectivity index (χ2n) is 4.92. The summed E-state index contributed by atoms with van der Waals surface area (Å²) in [4.78, 5) is 11.5. The molecule has 1 aliphatic carbocycles. The molecule has 1 rings (SSSR count). The van der Waals surface area contributed by atoms with Gasteiger partial charge >= 0.3 is 6.03 Å². The van der Waals surface area contributed by atoms with E-state index in [0.29, 0.717) is 31.7 Å². The molecule has 2 amide bonds. The first-order valence-electron chi connectivity index (χ1n) is 6.36. The molecule has 1 saturated carbocycles. The van der Waals surface area contributed by atoms with E-state index in [9.17, 15) is 4.79 Å². The predicted molar refractivity (Wildman–Crippen MR) is 69.0 cm³/mol. The molecule has 2 atom stereocenters. The highest BCUT2D eigenvalue weighted by atomic mass is 16.5. The molecule has 0 aromatic heterocycles. The highest BCUT2D eigenvalue weighted by Gasteiger charge is 2.24. The van der Waals surface area contributed by atoms with Crippen molar-refractivity contribution in [3.05, 3.63) is 12.2 Å². The number of rotatable bonds is 6. The third-order valence-electron chi connectivity index (χ3n) is 3.06. The molecule has 0 saturated heterocycles. The normalized spacial score (nSPS) is 23.4. The monoisotopic (exact) mass is 240 g/mol. The molecule has 0 spiro atoms. The van der Waals surface area contributed by atoms with Gasteiger partial charge in [0.1, 0.15) is 0 Å². The summed E-state index contributed by atoms with van der Waals surface area (Å²) in [5.41, 5.74) is 0.995. The standard InChI is InChI=1S/C13H24N2O2/c1-10(2)9-17-8-7-14-13(16)15-12-6-4-5-11(12)3/h11-12H,1,4-9H2,2-3H3,(H2,14,15,16)/t11-,12+/m1/s1. The minimum absolute atomic E-state index is 0.0809. The fourth-order valence-electron chi connectivity index (χ4n) is 2.06. The summed E-state index contributed by atoms with van der Waals surface area (Å²) in [6.07, 6.45) is 3.53. The molecule has 0 radical (unpaired) electrons. The van der Waals surface area contributed by atoms with Crippen molar-refractivity contribution < 1.29 is 9.53 Å². The lowest BCUT2D eigenvalue weighted by Gasteiger charge is -2.17. The van der Waals surface area contributed by atoms with Gasteiger partial charge in [-0.25, -0.2) is 4.79 Å². The summed E-state index contributed by atoms with van der Waals surface area (Å²) >= 11 is 0. The Morgan fingerprint density at radius 2 is 2.24 bits per heavy atom. The fraction of sp³-hybridized carbons (Fsp3) is 0.769. The van der Waals surface area contributed by atoms with Crippen LogP contribution >= 0.6 is 0 Å². The second kappa shape index (κ2) is 7.33. The average molecular weight is 240 g/mol. The van der Waals surface area contributed by atoms with E-state index in [1.807, 2.05) is 6.92 Å². The molecule has 2 N–H and O–H groups in total. The molecule has 1 fully saturated rings. The van der Waals surface area contributed by atoms with Gasteiger partial charge in [-0.2, -0.15) is 0 Å². The van der Waals surface area contributed by atoms with Crippen molar-refractivity contribution in [2.75, 3.05) is 19.8 Å². The summed E-state index contributed by atoms with van der Waals surface area (Å²) in [5, 5.41) is 5.80. The van der Waals surface area contributed by atoms with Crippen LogP contribution in [0.25, 0.3) is 0 Å². The molecular formula is C13H24N2O2. The summed E-state index contributed by atoms with van der Waals surface area (Å²) in [7, 11) is 0. The van der Waals surface area contributed by atoms with Gasteiger partial charge in [0.2, 0.25) is 0 Å². The molecule has 1 aliphatic rings. The van der Waals surface area contributed by atoms with Gasteiger partial charge in [-0.15, -0.1) is 0 Å². The zero-order valence-electron chi connectivity index (χ0n) is 10.9. The van der Waals surface area contributed by atoms with Gasteiger partial charge in [0.05, 0.1) is 13.2 Å². The Morgan fingerprint density at radius 1 is 1.47 bits per heavy atom. The van der Waals surface area contributed by atoms with Gasteiger partial charge in [0, 0.05) is 12.6 Å². The molecular weight excluding hydrogens is 216 g/mol. The maximum Gasteiger partial charge on any atom is 0.315 e. The number of ether oxygens (including phenoxy) is 1. The lowest BCUT2D eigenvalue weighted by molar-refractivity contribution is 0.157. The first-order valence-corrected chi connectivity index (χ1v) is 6.36. The van der Waals surface area contributed by atoms with Gasteiger partial charge in [-0.05, 0) is 25.7 Å². The first-order chi connectivity index (χ1) is 8.09. The third kappa shape index (κ3) is 5.73. The maximum absolute atomic E-state index is 11.5. The van der Waals surface area contributed by atoms with E-state index < -0.39 is 0 Å². The summed E-state index contributed by atoms with van der Waals surface area (Å²) in [6.45, 7) is 9.48. The van der Waals surface area contributed by atoms with Gasteiger partial charge in [-0.1, -0.05) is 25.5 Å². The molecule has 4 nitrogen and oxygen atoms in total. The average Bonchev–Trinajstić information content (AvgIpc) is 2.63.